The molecule has 0 spiro atoms. The fourth-order valence-electron chi connectivity index (χ4n) is 1.56. The molecule has 13 heavy (non-hydrogen) atoms. The van der Waals surface area contributed by atoms with Crippen LogP contribution < -0.4 is 0 Å². The fraction of sp³-hybridized carbons (Fsp3) is 1.00. The second-order valence-electron chi connectivity index (χ2n) is 4.04. The van der Waals surface area contributed by atoms with Gasteiger partial charge >= 0.3 is 0 Å². The molecule has 0 heterocycles. The predicted octanol–water partition coefficient (Wildman–Crippen LogP) is 3.45. The summed E-state index contributed by atoms with van der Waals surface area (Å²) >= 11 is 5.92. The lowest BCUT2D eigenvalue weighted by molar-refractivity contribution is 0.570. The van der Waals surface area contributed by atoms with Gasteiger partial charge in [0.1, 0.15) is 0 Å². The van der Waals surface area contributed by atoms with Gasteiger partial charge in [-0.15, -0.1) is 11.6 Å². The molecule has 0 bridgehead atoms. The Morgan fingerprint density at radius 3 is 1.85 bits per heavy atom. The minimum absolute atomic E-state index is 0.514. The average molecular weight is 221 g/mol. The highest BCUT2D eigenvalue weighted by molar-refractivity contribution is 6.40. The van der Waals surface area contributed by atoms with Crippen LogP contribution in [0.5, 0.6) is 0 Å². The standard InChI is InChI=1S/C11H25ClSi/c1-2-3-4-5-6-7-8-9-10-11(12)13/h11H,2-10H2,1,13H3. The lowest BCUT2D eigenvalue weighted by Gasteiger charge is -2.02. The van der Waals surface area contributed by atoms with Crippen molar-refractivity contribution >= 4 is 21.8 Å². The minimum Gasteiger partial charge on any atom is -0.128 e. The van der Waals surface area contributed by atoms with Crippen molar-refractivity contribution in [2.75, 3.05) is 0 Å². The highest BCUT2D eigenvalue weighted by Gasteiger charge is 1.95. The number of halogens is 1. The third-order valence-electron chi connectivity index (χ3n) is 2.46. The van der Waals surface area contributed by atoms with Crippen molar-refractivity contribution in [3.05, 3.63) is 0 Å². The van der Waals surface area contributed by atoms with Crippen LogP contribution in [0.1, 0.15) is 64.7 Å². The maximum absolute atomic E-state index is 5.92. The molecular formula is C11H25ClSi. The van der Waals surface area contributed by atoms with Crippen LogP contribution in [0.25, 0.3) is 0 Å². The molecule has 0 fully saturated rings. The Hall–Kier alpha value is 0.507. The maximum atomic E-state index is 5.92. The molecule has 0 amide bonds. The van der Waals surface area contributed by atoms with E-state index in [1.165, 1.54) is 57.8 Å². The van der Waals surface area contributed by atoms with Gasteiger partial charge in [0.05, 0.1) is 0 Å². The predicted molar refractivity (Wildman–Crippen MR) is 66.8 cm³/mol. The molecule has 0 saturated heterocycles. The Bertz CT molecular complexity index is 94.1. The number of hydrogen-bond acceptors (Lipinski definition) is 0. The second kappa shape index (κ2) is 10.6. The molecule has 0 saturated carbocycles. The van der Waals surface area contributed by atoms with E-state index in [-0.39, 0.29) is 0 Å². The van der Waals surface area contributed by atoms with Crippen molar-refractivity contribution < 1.29 is 0 Å². The van der Waals surface area contributed by atoms with E-state index in [2.05, 4.69) is 6.92 Å². The first-order valence-electron chi connectivity index (χ1n) is 5.91. The largest absolute Gasteiger partial charge is 0.128 e. The molecule has 0 rings (SSSR count). The van der Waals surface area contributed by atoms with Gasteiger partial charge in [-0.3, -0.25) is 0 Å². The number of rotatable bonds is 9. The lowest BCUT2D eigenvalue weighted by Crippen LogP contribution is -1.95. The number of hydrogen-bond donors (Lipinski definition) is 0. The molecule has 0 aliphatic heterocycles. The Kier molecular flexibility index (Phi) is 11.0. The summed E-state index contributed by atoms with van der Waals surface area (Å²) in [4.78, 5) is 0. The summed E-state index contributed by atoms with van der Waals surface area (Å²) in [7, 11) is 1.15. The first-order chi connectivity index (χ1) is 6.27. The Balaban J connectivity index is 2.84. The summed E-state index contributed by atoms with van der Waals surface area (Å²) in [6.45, 7) is 2.27. The van der Waals surface area contributed by atoms with Crippen molar-refractivity contribution in [1.82, 2.24) is 0 Å². The van der Waals surface area contributed by atoms with Crippen molar-refractivity contribution in [2.45, 2.75) is 69.7 Å². The van der Waals surface area contributed by atoms with Crippen LogP contribution in [-0.2, 0) is 0 Å². The first-order valence-corrected chi connectivity index (χ1v) is 7.50. The molecule has 0 nitrogen and oxygen atoms in total. The van der Waals surface area contributed by atoms with Gasteiger partial charge in [-0.2, -0.15) is 0 Å². The topological polar surface area (TPSA) is 0 Å². The van der Waals surface area contributed by atoms with E-state index in [1.807, 2.05) is 0 Å². The molecule has 0 aliphatic rings. The average Bonchev–Trinajstić information content (AvgIpc) is 2.09. The van der Waals surface area contributed by atoms with Crippen LogP contribution in [-0.4, -0.2) is 15.2 Å². The summed E-state index contributed by atoms with van der Waals surface area (Å²) in [6, 6.07) is 0. The fourth-order valence-corrected chi connectivity index (χ4v) is 2.12. The van der Waals surface area contributed by atoms with E-state index in [9.17, 15) is 0 Å². The van der Waals surface area contributed by atoms with Gasteiger partial charge in [-0.05, 0) is 6.42 Å². The van der Waals surface area contributed by atoms with Crippen LogP contribution in [0.3, 0.4) is 0 Å². The molecular weight excluding hydrogens is 196 g/mol. The molecule has 0 aromatic carbocycles. The van der Waals surface area contributed by atoms with Crippen LogP contribution in [0.15, 0.2) is 0 Å². The zero-order chi connectivity index (χ0) is 9.94. The Morgan fingerprint density at radius 2 is 1.38 bits per heavy atom. The number of alkyl halides is 1. The SMILES string of the molecule is CCCCCCCCCCC([SiH3])Cl. The van der Waals surface area contributed by atoms with Gasteiger partial charge < -0.3 is 0 Å². The highest BCUT2D eigenvalue weighted by atomic mass is 35.5. The monoisotopic (exact) mass is 220 g/mol. The molecule has 0 radical (unpaired) electrons. The normalized spacial score (nSPS) is 13.4. The summed E-state index contributed by atoms with van der Waals surface area (Å²) in [6.07, 6.45) is 12.5. The molecule has 1 unspecified atom stereocenters. The second-order valence-corrected chi connectivity index (χ2v) is 6.92. The zero-order valence-corrected chi connectivity index (χ0v) is 12.1. The summed E-state index contributed by atoms with van der Waals surface area (Å²) in [5.74, 6) is 0. The third kappa shape index (κ3) is 12.5. The minimum atomic E-state index is 0.514. The van der Waals surface area contributed by atoms with E-state index in [0.717, 1.165) is 10.2 Å². The van der Waals surface area contributed by atoms with Crippen LogP contribution in [0.2, 0.25) is 0 Å². The molecule has 0 aromatic rings. The summed E-state index contributed by atoms with van der Waals surface area (Å²) in [5.41, 5.74) is 0. The quantitative estimate of drug-likeness (QED) is 0.317. The zero-order valence-electron chi connectivity index (χ0n) is 9.32. The molecule has 0 N–H and O–H groups in total. The van der Waals surface area contributed by atoms with Crippen LogP contribution >= 0.6 is 11.6 Å². The van der Waals surface area contributed by atoms with E-state index < -0.39 is 0 Å². The molecule has 80 valence electrons. The van der Waals surface area contributed by atoms with Gasteiger partial charge in [-0.1, -0.05) is 58.3 Å². The number of unbranched alkanes of at least 4 members (excludes halogenated alkanes) is 7. The van der Waals surface area contributed by atoms with Gasteiger partial charge in [0, 0.05) is 15.2 Å². The van der Waals surface area contributed by atoms with Crippen molar-refractivity contribution in [3.63, 3.8) is 0 Å². The van der Waals surface area contributed by atoms with Crippen molar-refractivity contribution in [1.29, 1.82) is 0 Å². The van der Waals surface area contributed by atoms with Gasteiger partial charge in [0.2, 0.25) is 0 Å². The van der Waals surface area contributed by atoms with Crippen molar-refractivity contribution in [2.24, 2.45) is 0 Å². The summed E-state index contributed by atoms with van der Waals surface area (Å²) in [5, 5.41) is 0.514. The lowest BCUT2D eigenvalue weighted by atomic mass is 10.1. The smallest absolute Gasteiger partial charge is 0.0254 e. The third-order valence-corrected chi connectivity index (χ3v) is 3.25. The Labute approximate surface area is 91.9 Å². The molecule has 0 aliphatic carbocycles. The first kappa shape index (κ1) is 13.5. The Morgan fingerprint density at radius 1 is 0.923 bits per heavy atom. The molecule has 0 aromatic heterocycles. The summed E-state index contributed by atoms with van der Waals surface area (Å²) < 4.78 is 0. The maximum Gasteiger partial charge on any atom is 0.0254 e. The van der Waals surface area contributed by atoms with Crippen LogP contribution in [0.4, 0.5) is 0 Å². The van der Waals surface area contributed by atoms with Crippen LogP contribution in [0, 0.1) is 0 Å². The van der Waals surface area contributed by atoms with Gasteiger partial charge in [0.25, 0.3) is 0 Å². The van der Waals surface area contributed by atoms with E-state index in [1.54, 1.807) is 0 Å². The van der Waals surface area contributed by atoms with Gasteiger partial charge in [-0.25, -0.2) is 0 Å². The van der Waals surface area contributed by atoms with E-state index in [0.29, 0.717) is 5.00 Å². The van der Waals surface area contributed by atoms with Gasteiger partial charge in [0.15, 0.2) is 0 Å². The van der Waals surface area contributed by atoms with Crippen molar-refractivity contribution in [3.8, 4) is 0 Å². The van der Waals surface area contributed by atoms with E-state index in [4.69, 9.17) is 11.6 Å². The molecule has 1 atom stereocenters. The molecule has 2 heteroatoms. The van der Waals surface area contributed by atoms with E-state index >= 15 is 0 Å². The highest BCUT2D eigenvalue weighted by Crippen LogP contribution is 2.11.